The first-order valence-electron chi connectivity index (χ1n) is 9.45. The van der Waals surface area contributed by atoms with Gasteiger partial charge in [0.1, 0.15) is 17.3 Å². The van der Waals surface area contributed by atoms with Crippen molar-refractivity contribution in [3.8, 4) is 11.4 Å². The standard InChI is InChI=1S/C21H25FN4O2S/c1-14(2)11-26-20(17-7-5-6-8-18(17)22)23-24-21(26)29-13-19(27)25(4)12-16-10-9-15(3)28-16/h5-10,14H,11-13H2,1-4H3. The number of hydrogen-bond acceptors (Lipinski definition) is 5. The summed E-state index contributed by atoms with van der Waals surface area (Å²) >= 11 is 1.31. The van der Waals surface area contributed by atoms with E-state index in [1.54, 1.807) is 30.1 Å². The molecule has 2 heterocycles. The second kappa shape index (κ2) is 9.26. The summed E-state index contributed by atoms with van der Waals surface area (Å²) in [6, 6.07) is 10.3. The normalized spacial score (nSPS) is 11.2. The maximum absolute atomic E-state index is 14.3. The SMILES string of the molecule is Cc1ccc(CN(C)C(=O)CSc2nnc(-c3ccccc3F)n2CC(C)C)o1. The van der Waals surface area contributed by atoms with E-state index in [2.05, 4.69) is 24.0 Å². The third-order valence-electron chi connectivity index (χ3n) is 4.32. The van der Waals surface area contributed by atoms with E-state index in [-0.39, 0.29) is 17.5 Å². The number of rotatable bonds is 8. The van der Waals surface area contributed by atoms with Crippen LogP contribution in [0.3, 0.4) is 0 Å². The second-order valence-corrected chi connectivity index (χ2v) is 8.28. The Balaban J connectivity index is 1.73. The van der Waals surface area contributed by atoms with E-state index in [9.17, 15) is 9.18 Å². The number of nitrogens with zero attached hydrogens (tertiary/aromatic N) is 4. The molecule has 0 atom stereocenters. The minimum absolute atomic E-state index is 0.0457. The molecule has 8 heteroatoms. The van der Waals surface area contributed by atoms with Gasteiger partial charge in [-0.2, -0.15) is 0 Å². The topological polar surface area (TPSA) is 64.2 Å². The average Bonchev–Trinajstić information content (AvgIpc) is 3.25. The molecule has 0 radical (unpaired) electrons. The summed E-state index contributed by atoms with van der Waals surface area (Å²) in [5.41, 5.74) is 0.407. The van der Waals surface area contributed by atoms with Crippen LogP contribution in [0.25, 0.3) is 11.4 Å². The number of furan rings is 1. The molecule has 2 aromatic heterocycles. The van der Waals surface area contributed by atoms with Crippen molar-refractivity contribution in [3.05, 3.63) is 53.7 Å². The number of carbonyl (C=O) groups is 1. The van der Waals surface area contributed by atoms with Crippen molar-refractivity contribution >= 4 is 17.7 Å². The molecule has 0 spiro atoms. The van der Waals surface area contributed by atoms with Crippen molar-refractivity contribution < 1.29 is 13.6 Å². The highest BCUT2D eigenvalue weighted by Crippen LogP contribution is 2.27. The highest BCUT2D eigenvalue weighted by molar-refractivity contribution is 7.99. The molecule has 1 aromatic carbocycles. The van der Waals surface area contributed by atoms with Crippen molar-refractivity contribution in [2.24, 2.45) is 5.92 Å². The molecule has 0 fully saturated rings. The van der Waals surface area contributed by atoms with E-state index in [1.807, 2.05) is 23.6 Å². The first kappa shape index (κ1) is 21.1. The maximum Gasteiger partial charge on any atom is 0.233 e. The fraction of sp³-hybridized carbons (Fsp3) is 0.381. The summed E-state index contributed by atoms with van der Waals surface area (Å²) in [6.45, 7) is 7.06. The molecular formula is C21H25FN4O2S. The third kappa shape index (κ3) is 5.26. The fourth-order valence-corrected chi connectivity index (χ4v) is 3.78. The van der Waals surface area contributed by atoms with Crippen LogP contribution in [0.15, 0.2) is 46.0 Å². The zero-order valence-corrected chi connectivity index (χ0v) is 17.9. The van der Waals surface area contributed by atoms with Crippen LogP contribution in [0.5, 0.6) is 0 Å². The highest BCUT2D eigenvalue weighted by atomic mass is 32.2. The van der Waals surface area contributed by atoms with Crippen LogP contribution in [0.2, 0.25) is 0 Å². The van der Waals surface area contributed by atoms with E-state index in [1.165, 1.54) is 17.8 Å². The highest BCUT2D eigenvalue weighted by Gasteiger charge is 2.20. The van der Waals surface area contributed by atoms with E-state index in [0.29, 0.717) is 35.6 Å². The van der Waals surface area contributed by atoms with Crippen molar-refractivity contribution in [2.75, 3.05) is 12.8 Å². The van der Waals surface area contributed by atoms with Gasteiger partial charge in [0.15, 0.2) is 11.0 Å². The van der Waals surface area contributed by atoms with E-state index >= 15 is 0 Å². The average molecular weight is 417 g/mol. The van der Waals surface area contributed by atoms with E-state index in [4.69, 9.17) is 4.42 Å². The number of hydrogen-bond donors (Lipinski definition) is 0. The van der Waals surface area contributed by atoms with Gasteiger partial charge in [0.25, 0.3) is 0 Å². The summed E-state index contributed by atoms with van der Waals surface area (Å²) in [5, 5.41) is 9.04. The minimum atomic E-state index is -0.342. The molecular weight excluding hydrogens is 391 g/mol. The molecule has 3 aromatic rings. The van der Waals surface area contributed by atoms with Crippen LogP contribution in [-0.2, 0) is 17.9 Å². The van der Waals surface area contributed by atoms with Gasteiger partial charge < -0.3 is 13.9 Å². The quantitative estimate of drug-likeness (QED) is 0.510. The van der Waals surface area contributed by atoms with Crippen molar-refractivity contribution in [3.63, 3.8) is 0 Å². The van der Waals surface area contributed by atoms with Crippen LogP contribution in [0.4, 0.5) is 4.39 Å². The van der Waals surface area contributed by atoms with Gasteiger partial charge in [0.2, 0.25) is 5.91 Å². The number of carbonyl (C=O) groups excluding carboxylic acids is 1. The van der Waals surface area contributed by atoms with Gasteiger partial charge in [0, 0.05) is 13.6 Å². The van der Waals surface area contributed by atoms with Crippen LogP contribution in [0, 0.1) is 18.7 Å². The lowest BCUT2D eigenvalue weighted by Gasteiger charge is -2.16. The Morgan fingerprint density at radius 3 is 2.66 bits per heavy atom. The lowest BCUT2D eigenvalue weighted by atomic mass is 10.2. The van der Waals surface area contributed by atoms with Crippen LogP contribution >= 0.6 is 11.8 Å². The van der Waals surface area contributed by atoms with Crippen LogP contribution in [-0.4, -0.2) is 38.4 Å². The Morgan fingerprint density at radius 2 is 2.00 bits per heavy atom. The summed E-state index contributed by atoms with van der Waals surface area (Å²) in [6.07, 6.45) is 0. The molecule has 0 aliphatic rings. The van der Waals surface area contributed by atoms with E-state index in [0.717, 1.165) is 11.5 Å². The molecule has 6 nitrogen and oxygen atoms in total. The van der Waals surface area contributed by atoms with Crippen molar-refractivity contribution in [2.45, 2.75) is 39.0 Å². The molecule has 154 valence electrons. The Hall–Kier alpha value is -2.61. The maximum atomic E-state index is 14.3. The molecule has 0 aliphatic carbocycles. The molecule has 29 heavy (non-hydrogen) atoms. The minimum Gasteiger partial charge on any atom is -0.464 e. The Bertz CT molecular complexity index is 983. The van der Waals surface area contributed by atoms with Gasteiger partial charge in [-0.3, -0.25) is 4.79 Å². The number of halogens is 1. The monoisotopic (exact) mass is 416 g/mol. The zero-order valence-electron chi connectivity index (χ0n) is 17.1. The summed E-state index contributed by atoms with van der Waals surface area (Å²) in [7, 11) is 1.74. The third-order valence-corrected chi connectivity index (χ3v) is 5.27. The van der Waals surface area contributed by atoms with E-state index < -0.39 is 0 Å². The molecule has 0 bridgehead atoms. The van der Waals surface area contributed by atoms with Crippen LogP contribution in [0.1, 0.15) is 25.4 Å². The number of aromatic nitrogens is 3. The predicted molar refractivity (Wildman–Crippen MR) is 111 cm³/mol. The van der Waals surface area contributed by atoms with Gasteiger partial charge in [0.05, 0.1) is 17.9 Å². The lowest BCUT2D eigenvalue weighted by Crippen LogP contribution is -2.27. The van der Waals surface area contributed by atoms with Gasteiger partial charge in [-0.25, -0.2) is 4.39 Å². The summed E-state index contributed by atoms with van der Waals surface area (Å²) in [4.78, 5) is 14.2. The summed E-state index contributed by atoms with van der Waals surface area (Å²) < 4.78 is 21.7. The van der Waals surface area contributed by atoms with Gasteiger partial charge in [-0.15, -0.1) is 10.2 Å². The first-order chi connectivity index (χ1) is 13.8. The Labute approximate surface area is 174 Å². The largest absolute Gasteiger partial charge is 0.464 e. The van der Waals surface area contributed by atoms with Crippen molar-refractivity contribution in [1.29, 1.82) is 0 Å². The molecule has 3 rings (SSSR count). The number of benzene rings is 1. The molecule has 0 unspecified atom stereocenters. The zero-order chi connectivity index (χ0) is 21.0. The smallest absolute Gasteiger partial charge is 0.233 e. The molecule has 0 saturated carbocycles. The van der Waals surface area contributed by atoms with Crippen molar-refractivity contribution in [1.82, 2.24) is 19.7 Å². The fourth-order valence-electron chi connectivity index (χ4n) is 2.90. The van der Waals surface area contributed by atoms with Gasteiger partial charge >= 0.3 is 0 Å². The summed E-state index contributed by atoms with van der Waals surface area (Å²) in [5.74, 6) is 2.18. The number of aryl methyl sites for hydroxylation is 1. The van der Waals surface area contributed by atoms with Gasteiger partial charge in [-0.1, -0.05) is 37.7 Å². The molecule has 0 N–H and O–H groups in total. The molecule has 0 saturated heterocycles. The Kier molecular flexibility index (Phi) is 6.74. The lowest BCUT2D eigenvalue weighted by molar-refractivity contribution is -0.127. The Morgan fingerprint density at radius 1 is 1.24 bits per heavy atom. The van der Waals surface area contributed by atoms with Crippen LogP contribution < -0.4 is 0 Å². The number of thioether (sulfide) groups is 1. The first-order valence-corrected chi connectivity index (χ1v) is 10.4. The van der Waals surface area contributed by atoms with Gasteiger partial charge in [-0.05, 0) is 37.1 Å². The predicted octanol–water partition coefficient (Wildman–Crippen LogP) is 4.39. The number of amides is 1. The molecule has 1 amide bonds. The second-order valence-electron chi connectivity index (χ2n) is 7.34. The molecule has 0 aliphatic heterocycles.